The monoisotopic (exact) mass is 307 g/mol. The van der Waals surface area contributed by atoms with Crippen molar-refractivity contribution in [3.63, 3.8) is 0 Å². The molecule has 0 radical (unpaired) electrons. The van der Waals surface area contributed by atoms with Crippen LogP contribution in [-0.4, -0.2) is 4.89 Å². The second-order valence-electron chi connectivity index (χ2n) is 5.08. The van der Waals surface area contributed by atoms with Gasteiger partial charge in [0, 0.05) is 16.7 Å². The van der Waals surface area contributed by atoms with Crippen molar-refractivity contribution in [2.24, 2.45) is 0 Å². The van der Waals surface area contributed by atoms with Gasteiger partial charge in [0.2, 0.25) is 0 Å². The highest BCUT2D eigenvalue weighted by Gasteiger charge is 2.54. The van der Waals surface area contributed by atoms with Crippen LogP contribution >= 0.6 is 8.03 Å². The molecule has 0 saturated carbocycles. The maximum Gasteiger partial charge on any atom is 0.526 e. The van der Waals surface area contributed by atoms with E-state index in [0.29, 0.717) is 0 Å². The fourth-order valence-electron chi connectivity index (χ4n) is 2.87. The molecule has 108 valence electrons. The molecule has 0 saturated heterocycles. The van der Waals surface area contributed by atoms with E-state index in [2.05, 4.69) is 0 Å². The second-order valence-corrected chi connectivity index (χ2v) is 6.30. The molecule has 0 heterocycles. The topological polar surface area (TPSA) is 37.3 Å². The lowest BCUT2D eigenvalue weighted by atomic mass is 9.84. The molecule has 0 bridgehead atoms. The van der Waals surface area contributed by atoms with E-state index in [1.165, 1.54) is 0 Å². The predicted molar refractivity (Wildman–Crippen MR) is 89.0 cm³/mol. The first kappa shape index (κ1) is 14.6. The van der Waals surface area contributed by atoms with Crippen molar-refractivity contribution >= 4 is 8.03 Å². The summed E-state index contributed by atoms with van der Waals surface area (Å²) in [6, 6.07) is 28.6. The third-order valence-electron chi connectivity index (χ3n) is 3.86. The molecule has 2 nitrogen and oxygen atoms in total. The summed E-state index contributed by atoms with van der Waals surface area (Å²) in [7, 11) is -2.53. The Morgan fingerprint density at radius 1 is 0.591 bits per heavy atom. The van der Waals surface area contributed by atoms with Crippen molar-refractivity contribution in [3.8, 4) is 0 Å². The summed E-state index contributed by atoms with van der Waals surface area (Å²) in [4.78, 5) is 10.3. The van der Waals surface area contributed by atoms with Crippen LogP contribution in [0.5, 0.6) is 0 Å². The van der Waals surface area contributed by atoms with Crippen LogP contribution in [0.15, 0.2) is 91.0 Å². The standard InChI is InChI=1S/C19H15O2P/c20-22(21)19(16-10-4-1-5-11-16,17-12-6-2-7-13-17)18-14-8-3-9-15-18/h1-15H/p+1. The van der Waals surface area contributed by atoms with Crippen LogP contribution < -0.4 is 0 Å². The van der Waals surface area contributed by atoms with Crippen LogP contribution in [0.4, 0.5) is 0 Å². The molecule has 0 amide bonds. The zero-order valence-corrected chi connectivity index (χ0v) is 12.9. The van der Waals surface area contributed by atoms with Gasteiger partial charge in [-0.05, 0) is 4.57 Å². The Labute approximate surface area is 130 Å². The van der Waals surface area contributed by atoms with Gasteiger partial charge in [-0.1, -0.05) is 91.0 Å². The lowest BCUT2D eigenvalue weighted by Crippen LogP contribution is -2.25. The summed E-state index contributed by atoms with van der Waals surface area (Å²) in [5.41, 5.74) is 2.45. The first-order chi connectivity index (χ1) is 10.8. The van der Waals surface area contributed by atoms with Gasteiger partial charge in [-0.2, -0.15) is 4.89 Å². The molecule has 3 aromatic carbocycles. The van der Waals surface area contributed by atoms with Gasteiger partial charge in [-0.15, -0.1) is 0 Å². The molecule has 1 unspecified atom stereocenters. The van der Waals surface area contributed by atoms with Crippen LogP contribution in [0.2, 0.25) is 0 Å². The molecule has 3 rings (SSSR count). The fourth-order valence-corrected chi connectivity index (χ4v) is 3.98. The van der Waals surface area contributed by atoms with Crippen LogP contribution in [0.3, 0.4) is 0 Å². The average molecular weight is 307 g/mol. The molecule has 0 aliphatic carbocycles. The zero-order chi connectivity index (χ0) is 15.4. The van der Waals surface area contributed by atoms with Crippen LogP contribution in [0.1, 0.15) is 16.7 Å². The molecule has 3 heteroatoms. The van der Waals surface area contributed by atoms with E-state index in [4.69, 9.17) is 0 Å². The van der Waals surface area contributed by atoms with Crippen LogP contribution in [0.25, 0.3) is 0 Å². The van der Waals surface area contributed by atoms with Gasteiger partial charge in [0.15, 0.2) is 0 Å². The summed E-state index contributed by atoms with van der Waals surface area (Å²) in [6.07, 6.45) is 0. The Bertz CT molecular complexity index is 659. The molecular formula is C19H16O2P+. The number of hydrogen-bond donors (Lipinski definition) is 1. The van der Waals surface area contributed by atoms with E-state index in [1.54, 1.807) is 0 Å². The molecule has 0 spiro atoms. The minimum absolute atomic E-state index is 0.816. The minimum Gasteiger partial charge on any atom is -0.159 e. The smallest absolute Gasteiger partial charge is 0.159 e. The molecule has 1 N–H and O–H groups in total. The quantitative estimate of drug-likeness (QED) is 0.559. The normalized spacial score (nSPS) is 12.0. The van der Waals surface area contributed by atoms with Crippen LogP contribution in [0, 0.1) is 0 Å². The third kappa shape index (κ3) is 2.37. The Balaban J connectivity index is 2.37. The maximum atomic E-state index is 12.6. The van der Waals surface area contributed by atoms with E-state index < -0.39 is 13.2 Å². The average Bonchev–Trinajstić information content (AvgIpc) is 2.58. The van der Waals surface area contributed by atoms with Gasteiger partial charge in [0.05, 0.1) is 0 Å². The van der Waals surface area contributed by atoms with Crippen LogP contribution in [-0.2, 0) is 9.72 Å². The zero-order valence-electron chi connectivity index (χ0n) is 12.0. The first-order valence-electron chi connectivity index (χ1n) is 7.09. The fraction of sp³-hybridized carbons (Fsp3) is 0.0526. The van der Waals surface area contributed by atoms with E-state index in [1.807, 2.05) is 91.0 Å². The Kier molecular flexibility index (Phi) is 4.15. The summed E-state index contributed by atoms with van der Waals surface area (Å²) < 4.78 is 12.6. The summed E-state index contributed by atoms with van der Waals surface area (Å²) in [5, 5.41) is -1.06. The Hall–Kier alpha value is -2.28. The third-order valence-corrected chi connectivity index (χ3v) is 5.21. The van der Waals surface area contributed by atoms with E-state index in [9.17, 15) is 9.46 Å². The van der Waals surface area contributed by atoms with E-state index in [0.717, 1.165) is 16.7 Å². The van der Waals surface area contributed by atoms with Gasteiger partial charge >= 0.3 is 8.03 Å². The van der Waals surface area contributed by atoms with Crippen molar-refractivity contribution < 1.29 is 9.46 Å². The lowest BCUT2D eigenvalue weighted by molar-refractivity contribution is 0.481. The van der Waals surface area contributed by atoms with E-state index >= 15 is 0 Å². The van der Waals surface area contributed by atoms with Gasteiger partial charge in [-0.3, -0.25) is 0 Å². The largest absolute Gasteiger partial charge is 0.526 e. The molecule has 1 atom stereocenters. The highest BCUT2D eigenvalue weighted by Crippen LogP contribution is 2.54. The molecule has 0 aromatic heterocycles. The highest BCUT2D eigenvalue weighted by molar-refractivity contribution is 7.40. The lowest BCUT2D eigenvalue weighted by Gasteiger charge is -2.23. The summed E-state index contributed by atoms with van der Waals surface area (Å²) in [6.45, 7) is 0. The molecule has 22 heavy (non-hydrogen) atoms. The second kappa shape index (κ2) is 6.23. The number of rotatable bonds is 4. The number of hydrogen-bond acceptors (Lipinski definition) is 1. The van der Waals surface area contributed by atoms with Crippen molar-refractivity contribution in [1.29, 1.82) is 0 Å². The minimum atomic E-state index is -2.53. The van der Waals surface area contributed by atoms with Gasteiger partial charge in [-0.25, -0.2) is 0 Å². The molecule has 3 aromatic rings. The predicted octanol–water partition coefficient (Wildman–Crippen LogP) is 4.71. The molecular weight excluding hydrogens is 291 g/mol. The van der Waals surface area contributed by atoms with Gasteiger partial charge < -0.3 is 0 Å². The highest BCUT2D eigenvalue weighted by atomic mass is 31.1. The van der Waals surface area contributed by atoms with Gasteiger partial charge in [0.25, 0.3) is 5.16 Å². The maximum absolute atomic E-state index is 12.6. The SMILES string of the molecule is O=[P+](O)C(c1ccccc1)(c1ccccc1)c1ccccc1. The molecule has 0 fully saturated rings. The first-order valence-corrected chi connectivity index (χ1v) is 8.30. The number of benzene rings is 3. The Morgan fingerprint density at radius 3 is 1.09 bits per heavy atom. The summed E-state index contributed by atoms with van der Waals surface area (Å²) >= 11 is 0. The van der Waals surface area contributed by atoms with Crippen molar-refractivity contribution in [2.45, 2.75) is 5.16 Å². The van der Waals surface area contributed by atoms with Crippen molar-refractivity contribution in [3.05, 3.63) is 108 Å². The summed E-state index contributed by atoms with van der Waals surface area (Å²) in [5.74, 6) is 0. The van der Waals surface area contributed by atoms with Gasteiger partial charge in [0.1, 0.15) is 0 Å². The van der Waals surface area contributed by atoms with Crippen molar-refractivity contribution in [2.75, 3.05) is 0 Å². The Morgan fingerprint density at radius 2 is 0.864 bits per heavy atom. The molecule has 0 aliphatic heterocycles. The van der Waals surface area contributed by atoms with E-state index in [-0.39, 0.29) is 0 Å². The van der Waals surface area contributed by atoms with Crippen molar-refractivity contribution in [1.82, 2.24) is 0 Å². The molecule has 0 aliphatic rings.